The molecule has 0 aliphatic heterocycles. The first-order chi connectivity index (χ1) is 13.3. The van der Waals surface area contributed by atoms with Gasteiger partial charge in [-0.1, -0.05) is 23.7 Å². The van der Waals surface area contributed by atoms with Crippen LogP contribution in [0.3, 0.4) is 0 Å². The Morgan fingerprint density at radius 2 is 2.04 bits per heavy atom. The quantitative estimate of drug-likeness (QED) is 0.655. The third-order valence-corrected chi connectivity index (χ3v) is 5.62. The second-order valence-electron chi connectivity index (χ2n) is 5.71. The minimum atomic E-state index is -4.03. The predicted molar refractivity (Wildman–Crippen MR) is 103 cm³/mol. The Kier molecular flexibility index (Phi) is 7.40. The van der Waals surface area contributed by atoms with Crippen LogP contribution in [0.2, 0.25) is 5.02 Å². The number of sulfonamides is 1. The monoisotopic (exact) mass is 422 g/mol. The smallest absolute Gasteiger partial charge is 0.307 e. The van der Waals surface area contributed by atoms with Crippen LogP contribution < -0.4 is 9.46 Å². The van der Waals surface area contributed by atoms with Crippen LogP contribution in [0.25, 0.3) is 0 Å². The molecular weight excluding hydrogens is 404 g/mol. The van der Waals surface area contributed by atoms with E-state index in [0.717, 1.165) is 0 Å². The zero-order chi connectivity index (χ0) is 20.7. The van der Waals surface area contributed by atoms with Crippen molar-refractivity contribution < 1.29 is 22.7 Å². The average Bonchev–Trinajstić information content (AvgIpc) is 2.67. The lowest BCUT2D eigenvalue weighted by molar-refractivity contribution is -0.143. The van der Waals surface area contributed by atoms with Crippen molar-refractivity contribution in [2.75, 3.05) is 13.7 Å². The van der Waals surface area contributed by atoms with Crippen molar-refractivity contribution in [3.05, 3.63) is 58.6 Å². The molecule has 0 radical (unpaired) electrons. The molecule has 0 aliphatic carbocycles. The molecule has 9 heteroatoms. The van der Waals surface area contributed by atoms with Crippen LogP contribution in [0.1, 0.15) is 30.5 Å². The number of nitriles is 1. The molecule has 2 aromatic rings. The van der Waals surface area contributed by atoms with Gasteiger partial charge in [-0.25, -0.2) is 13.1 Å². The number of nitrogens with zero attached hydrogens (tertiary/aromatic N) is 1. The Morgan fingerprint density at radius 1 is 1.29 bits per heavy atom. The Bertz CT molecular complexity index is 1000. The van der Waals surface area contributed by atoms with Gasteiger partial charge in [-0.3, -0.25) is 4.79 Å². The van der Waals surface area contributed by atoms with Crippen molar-refractivity contribution in [2.45, 2.75) is 24.3 Å². The Labute approximate surface area is 168 Å². The van der Waals surface area contributed by atoms with Gasteiger partial charge in [0.2, 0.25) is 10.0 Å². The number of hydrogen-bond acceptors (Lipinski definition) is 6. The molecule has 7 nitrogen and oxygen atoms in total. The Morgan fingerprint density at radius 3 is 2.64 bits per heavy atom. The number of benzene rings is 2. The molecular formula is C19H19ClN2O5S. The van der Waals surface area contributed by atoms with E-state index >= 15 is 0 Å². The Hall–Kier alpha value is -2.60. The molecule has 0 aromatic heterocycles. The molecule has 1 atom stereocenters. The van der Waals surface area contributed by atoms with E-state index in [1.165, 1.54) is 25.3 Å². The number of rotatable bonds is 8. The van der Waals surface area contributed by atoms with Crippen molar-refractivity contribution in [1.82, 2.24) is 4.72 Å². The Balaban J connectivity index is 2.38. The third-order valence-electron chi connectivity index (χ3n) is 3.84. The van der Waals surface area contributed by atoms with E-state index in [2.05, 4.69) is 4.72 Å². The molecule has 0 bridgehead atoms. The van der Waals surface area contributed by atoms with Gasteiger partial charge >= 0.3 is 5.97 Å². The maximum absolute atomic E-state index is 12.8. The highest BCUT2D eigenvalue weighted by Gasteiger charge is 2.25. The molecule has 1 unspecified atom stereocenters. The van der Waals surface area contributed by atoms with Gasteiger partial charge < -0.3 is 9.47 Å². The predicted octanol–water partition coefficient (Wildman–Crippen LogP) is 3.19. The largest absolute Gasteiger partial charge is 0.497 e. The van der Waals surface area contributed by atoms with Gasteiger partial charge in [-0.15, -0.1) is 0 Å². The minimum absolute atomic E-state index is 0.0219. The summed E-state index contributed by atoms with van der Waals surface area (Å²) in [6, 6.07) is 11.5. The molecule has 0 heterocycles. The first-order valence-electron chi connectivity index (χ1n) is 8.32. The van der Waals surface area contributed by atoms with E-state index in [9.17, 15) is 13.2 Å². The molecule has 148 valence electrons. The summed E-state index contributed by atoms with van der Waals surface area (Å²) in [5, 5.41) is 8.96. The van der Waals surface area contributed by atoms with Crippen LogP contribution in [-0.4, -0.2) is 28.1 Å². The van der Waals surface area contributed by atoms with E-state index in [-0.39, 0.29) is 28.5 Å². The molecule has 0 fully saturated rings. The number of carbonyl (C=O) groups is 1. The molecule has 0 amide bonds. The normalized spacial score (nSPS) is 12.1. The molecule has 2 rings (SSSR count). The van der Waals surface area contributed by atoms with Crippen LogP contribution in [0.15, 0.2) is 47.4 Å². The minimum Gasteiger partial charge on any atom is -0.497 e. The summed E-state index contributed by atoms with van der Waals surface area (Å²) >= 11 is 5.95. The summed E-state index contributed by atoms with van der Waals surface area (Å²) in [5.74, 6) is -0.0251. The first kappa shape index (κ1) is 21.7. The van der Waals surface area contributed by atoms with Crippen molar-refractivity contribution in [1.29, 1.82) is 5.26 Å². The molecule has 0 spiro atoms. The first-order valence-corrected chi connectivity index (χ1v) is 10.2. The summed E-state index contributed by atoms with van der Waals surface area (Å²) in [5.41, 5.74) is 0.701. The highest BCUT2D eigenvalue weighted by atomic mass is 35.5. The van der Waals surface area contributed by atoms with Crippen molar-refractivity contribution >= 4 is 27.6 Å². The standard InChI is InChI=1S/C19H19ClN2O5S/c1-3-27-19(23)11-18(13-5-4-6-15(9-13)26-2)22-28(24,25)16-8-7-14(12-21)17(20)10-16/h4-10,18,22H,3,11H2,1-2H3. The molecule has 0 saturated carbocycles. The van der Waals surface area contributed by atoms with E-state index in [1.807, 2.05) is 6.07 Å². The molecule has 2 aromatic carbocycles. The summed E-state index contributed by atoms with van der Waals surface area (Å²) in [7, 11) is -2.54. The number of hydrogen-bond donors (Lipinski definition) is 1. The number of esters is 1. The van der Waals surface area contributed by atoms with Crippen LogP contribution >= 0.6 is 11.6 Å². The van der Waals surface area contributed by atoms with Gasteiger partial charge in [0, 0.05) is 0 Å². The van der Waals surface area contributed by atoms with Crippen molar-refractivity contribution in [2.24, 2.45) is 0 Å². The molecule has 1 N–H and O–H groups in total. The second kappa shape index (κ2) is 9.55. The van der Waals surface area contributed by atoms with E-state index in [0.29, 0.717) is 11.3 Å². The number of methoxy groups -OCH3 is 1. The van der Waals surface area contributed by atoms with E-state index < -0.39 is 22.0 Å². The lowest BCUT2D eigenvalue weighted by atomic mass is 10.0. The van der Waals surface area contributed by atoms with Crippen LogP contribution in [0, 0.1) is 11.3 Å². The van der Waals surface area contributed by atoms with Crippen LogP contribution in [-0.2, 0) is 19.6 Å². The molecule has 0 saturated heterocycles. The van der Waals surface area contributed by atoms with Gasteiger partial charge in [-0.2, -0.15) is 5.26 Å². The molecule has 0 aliphatic rings. The van der Waals surface area contributed by atoms with Crippen LogP contribution in [0.5, 0.6) is 5.75 Å². The molecule has 28 heavy (non-hydrogen) atoms. The summed E-state index contributed by atoms with van der Waals surface area (Å²) in [4.78, 5) is 11.9. The number of ether oxygens (including phenoxy) is 2. The van der Waals surface area contributed by atoms with Gasteiger partial charge in [-0.05, 0) is 42.8 Å². The zero-order valence-corrected chi connectivity index (χ0v) is 16.9. The zero-order valence-electron chi connectivity index (χ0n) is 15.3. The highest BCUT2D eigenvalue weighted by Crippen LogP contribution is 2.26. The second-order valence-corrected chi connectivity index (χ2v) is 7.83. The van der Waals surface area contributed by atoms with Gasteiger partial charge in [0.05, 0.1) is 41.7 Å². The maximum atomic E-state index is 12.8. The summed E-state index contributed by atoms with van der Waals surface area (Å²) in [6.45, 7) is 1.85. The number of nitrogens with one attached hydrogen (secondary N) is 1. The van der Waals surface area contributed by atoms with Crippen molar-refractivity contribution in [3.63, 3.8) is 0 Å². The lowest BCUT2D eigenvalue weighted by Gasteiger charge is -2.19. The number of carbonyl (C=O) groups excluding carboxylic acids is 1. The summed E-state index contributed by atoms with van der Waals surface area (Å²) in [6.07, 6.45) is -0.204. The van der Waals surface area contributed by atoms with Crippen molar-refractivity contribution in [3.8, 4) is 11.8 Å². The maximum Gasteiger partial charge on any atom is 0.307 e. The van der Waals surface area contributed by atoms with Gasteiger partial charge in [0.25, 0.3) is 0 Å². The topological polar surface area (TPSA) is 105 Å². The van der Waals surface area contributed by atoms with Gasteiger partial charge in [0.1, 0.15) is 11.8 Å². The average molecular weight is 423 g/mol. The van der Waals surface area contributed by atoms with E-state index in [4.69, 9.17) is 26.3 Å². The lowest BCUT2D eigenvalue weighted by Crippen LogP contribution is -2.30. The van der Waals surface area contributed by atoms with Gasteiger partial charge in [0.15, 0.2) is 0 Å². The fraction of sp³-hybridized carbons (Fsp3) is 0.263. The highest BCUT2D eigenvalue weighted by molar-refractivity contribution is 7.89. The fourth-order valence-corrected chi connectivity index (χ4v) is 4.02. The van der Waals surface area contributed by atoms with Crippen LogP contribution in [0.4, 0.5) is 0 Å². The summed E-state index contributed by atoms with van der Waals surface area (Å²) < 4.78 is 38.3. The number of halogens is 1. The fourth-order valence-electron chi connectivity index (χ4n) is 2.48. The SMILES string of the molecule is CCOC(=O)CC(NS(=O)(=O)c1ccc(C#N)c(Cl)c1)c1cccc(OC)c1. The van der Waals surface area contributed by atoms with E-state index in [1.54, 1.807) is 31.2 Å². The third kappa shape index (κ3) is 5.45.